The van der Waals surface area contributed by atoms with E-state index in [0.29, 0.717) is 12.1 Å². The van der Waals surface area contributed by atoms with Crippen LogP contribution in [0.4, 0.5) is 5.95 Å². The maximum atomic E-state index is 11.2. The predicted molar refractivity (Wildman–Crippen MR) is 77.4 cm³/mol. The van der Waals surface area contributed by atoms with Gasteiger partial charge in [-0.25, -0.2) is 23.5 Å². The first-order chi connectivity index (χ1) is 10.0. The molecular formula is C13H20N4O3S. The molecule has 21 heavy (non-hydrogen) atoms. The summed E-state index contributed by atoms with van der Waals surface area (Å²) in [4.78, 5) is 10.2. The largest absolute Gasteiger partial charge is 0.373 e. The average molecular weight is 312 g/mol. The second-order valence-electron chi connectivity index (χ2n) is 5.66. The van der Waals surface area contributed by atoms with Gasteiger partial charge < -0.3 is 9.64 Å². The van der Waals surface area contributed by atoms with Crippen molar-refractivity contribution in [3.63, 3.8) is 0 Å². The van der Waals surface area contributed by atoms with E-state index in [1.807, 2.05) is 4.90 Å². The van der Waals surface area contributed by atoms with E-state index in [0.717, 1.165) is 38.8 Å². The monoisotopic (exact) mass is 312 g/mol. The van der Waals surface area contributed by atoms with E-state index in [1.54, 1.807) is 0 Å². The Morgan fingerprint density at radius 1 is 1.14 bits per heavy atom. The summed E-state index contributed by atoms with van der Waals surface area (Å²) in [6.07, 6.45) is 8.82. The number of piperidine rings is 1. The summed E-state index contributed by atoms with van der Waals surface area (Å²) in [5.41, 5.74) is 0. The summed E-state index contributed by atoms with van der Waals surface area (Å²) in [5, 5.41) is 5.04. The van der Waals surface area contributed by atoms with Crippen molar-refractivity contribution in [1.82, 2.24) is 9.97 Å². The summed E-state index contributed by atoms with van der Waals surface area (Å²) in [5.74, 6) is 0.532. The molecule has 1 aliphatic heterocycles. The fraction of sp³-hybridized carbons (Fsp3) is 0.692. The SMILES string of the molecule is NS(=O)(=O)c1cnc(N2CCCC(OC3CCC3)C2)nc1. The van der Waals surface area contributed by atoms with Gasteiger partial charge in [-0.2, -0.15) is 0 Å². The van der Waals surface area contributed by atoms with Crippen molar-refractivity contribution in [2.75, 3.05) is 18.0 Å². The first kappa shape index (κ1) is 14.7. The Morgan fingerprint density at radius 2 is 1.81 bits per heavy atom. The molecule has 2 N–H and O–H groups in total. The van der Waals surface area contributed by atoms with Crippen LogP contribution in [0.1, 0.15) is 32.1 Å². The second-order valence-corrected chi connectivity index (χ2v) is 7.22. The fourth-order valence-electron chi connectivity index (χ4n) is 2.63. The molecular weight excluding hydrogens is 292 g/mol. The van der Waals surface area contributed by atoms with Gasteiger partial charge in [-0.3, -0.25) is 0 Å². The lowest BCUT2D eigenvalue weighted by molar-refractivity contribution is -0.0552. The van der Waals surface area contributed by atoms with Crippen molar-refractivity contribution in [2.24, 2.45) is 5.14 Å². The minimum absolute atomic E-state index is 0.0643. The highest BCUT2D eigenvalue weighted by atomic mass is 32.2. The molecule has 0 spiro atoms. The van der Waals surface area contributed by atoms with Gasteiger partial charge in [0.2, 0.25) is 16.0 Å². The number of hydrogen-bond acceptors (Lipinski definition) is 6. The van der Waals surface area contributed by atoms with Crippen LogP contribution in [-0.2, 0) is 14.8 Å². The molecule has 116 valence electrons. The molecule has 7 nitrogen and oxygen atoms in total. The average Bonchev–Trinajstić information content (AvgIpc) is 2.43. The molecule has 0 bridgehead atoms. The number of primary sulfonamides is 1. The van der Waals surface area contributed by atoms with Crippen LogP contribution in [0.25, 0.3) is 0 Å². The maximum absolute atomic E-state index is 11.2. The lowest BCUT2D eigenvalue weighted by Gasteiger charge is -2.37. The molecule has 2 heterocycles. The molecule has 0 amide bonds. The normalized spacial score (nSPS) is 23.9. The summed E-state index contributed by atoms with van der Waals surface area (Å²) in [6, 6.07) is 0. The Bertz CT molecular complexity index is 586. The molecule has 1 atom stereocenters. The zero-order valence-corrected chi connectivity index (χ0v) is 12.6. The second kappa shape index (κ2) is 5.86. The Kier molecular flexibility index (Phi) is 4.10. The van der Waals surface area contributed by atoms with Crippen LogP contribution in [-0.4, -0.2) is 43.7 Å². The van der Waals surface area contributed by atoms with Crippen LogP contribution in [0, 0.1) is 0 Å². The van der Waals surface area contributed by atoms with E-state index in [9.17, 15) is 8.42 Å². The molecule has 2 fully saturated rings. The molecule has 2 aliphatic rings. The summed E-state index contributed by atoms with van der Waals surface area (Å²) in [7, 11) is -3.74. The third-order valence-electron chi connectivity index (χ3n) is 4.04. The van der Waals surface area contributed by atoms with Crippen molar-refractivity contribution < 1.29 is 13.2 Å². The molecule has 8 heteroatoms. The van der Waals surface area contributed by atoms with Crippen molar-refractivity contribution in [2.45, 2.75) is 49.2 Å². The quantitative estimate of drug-likeness (QED) is 0.877. The van der Waals surface area contributed by atoms with Crippen LogP contribution in [0.3, 0.4) is 0 Å². The number of anilines is 1. The van der Waals surface area contributed by atoms with Crippen LogP contribution in [0.5, 0.6) is 0 Å². The van der Waals surface area contributed by atoms with Gasteiger partial charge in [0, 0.05) is 13.1 Å². The van der Waals surface area contributed by atoms with E-state index in [-0.39, 0.29) is 11.0 Å². The van der Waals surface area contributed by atoms with Crippen LogP contribution >= 0.6 is 0 Å². The van der Waals surface area contributed by atoms with Gasteiger partial charge in [0.05, 0.1) is 24.6 Å². The highest BCUT2D eigenvalue weighted by molar-refractivity contribution is 7.89. The highest BCUT2D eigenvalue weighted by Gasteiger charge is 2.27. The molecule has 1 saturated carbocycles. The van der Waals surface area contributed by atoms with Crippen molar-refractivity contribution >= 4 is 16.0 Å². The number of hydrogen-bond donors (Lipinski definition) is 1. The van der Waals surface area contributed by atoms with Gasteiger partial charge in [-0.15, -0.1) is 0 Å². The molecule has 1 aliphatic carbocycles. The Morgan fingerprint density at radius 3 is 2.38 bits per heavy atom. The van der Waals surface area contributed by atoms with Crippen molar-refractivity contribution in [3.05, 3.63) is 12.4 Å². The zero-order valence-electron chi connectivity index (χ0n) is 11.8. The van der Waals surface area contributed by atoms with Gasteiger partial charge in [-0.1, -0.05) is 0 Å². The number of nitrogens with two attached hydrogens (primary N) is 1. The summed E-state index contributed by atoms with van der Waals surface area (Å²) in [6.45, 7) is 1.62. The van der Waals surface area contributed by atoms with Crippen LogP contribution in [0.15, 0.2) is 17.3 Å². The minimum Gasteiger partial charge on any atom is -0.373 e. The predicted octanol–water partition coefficient (Wildman–Crippen LogP) is 0.662. The molecule has 1 unspecified atom stereocenters. The van der Waals surface area contributed by atoms with Gasteiger partial charge in [-0.05, 0) is 32.1 Å². The topological polar surface area (TPSA) is 98.4 Å². The molecule has 1 aromatic rings. The van der Waals surface area contributed by atoms with E-state index in [4.69, 9.17) is 9.88 Å². The van der Waals surface area contributed by atoms with E-state index in [1.165, 1.54) is 18.8 Å². The van der Waals surface area contributed by atoms with Crippen LogP contribution < -0.4 is 10.0 Å². The molecule has 1 saturated heterocycles. The Balaban J connectivity index is 1.65. The number of nitrogens with zero attached hydrogens (tertiary/aromatic N) is 3. The van der Waals surface area contributed by atoms with E-state index < -0.39 is 10.0 Å². The number of aromatic nitrogens is 2. The molecule has 0 radical (unpaired) electrons. The van der Waals surface area contributed by atoms with Gasteiger partial charge in [0.1, 0.15) is 4.90 Å². The number of rotatable bonds is 4. The number of sulfonamides is 1. The lowest BCUT2D eigenvalue weighted by Crippen LogP contribution is -2.43. The van der Waals surface area contributed by atoms with Gasteiger partial charge >= 0.3 is 0 Å². The molecule has 3 rings (SSSR count). The van der Waals surface area contributed by atoms with Crippen molar-refractivity contribution in [1.29, 1.82) is 0 Å². The third kappa shape index (κ3) is 3.50. The Labute approximate surface area is 124 Å². The van der Waals surface area contributed by atoms with E-state index >= 15 is 0 Å². The highest BCUT2D eigenvalue weighted by Crippen LogP contribution is 2.26. The zero-order chi connectivity index (χ0) is 14.9. The van der Waals surface area contributed by atoms with Crippen molar-refractivity contribution in [3.8, 4) is 0 Å². The fourth-order valence-corrected chi connectivity index (χ4v) is 3.03. The smallest absolute Gasteiger partial charge is 0.241 e. The molecule has 1 aromatic heterocycles. The third-order valence-corrected chi connectivity index (χ3v) is 4.91. The number of ether oxygens (including phenoxy) is 1. The van der Waals surface area contributed by atoms with Gasteiger partial charge in [0.25, 0.3) is 0 Å². The maximum Gasteiger partial charge on any atom is 0.241 e. The lowest BCUT2D eigenvalue weighted by atomic mass is 9.95. The summed E-state index contributed by atoms with van der Waals surface area (Å²) < 4.78 is 28.4. The van der Waals surface area contributed by atoms with Crippen LogP contribution in [0.2, 0.25) is 0 Å². The van der Waals surface area contributed by atoms with Gasteiger partial charge in [0.15, 0.2) is 0 Å². The first-order valence-corrected chi connectivity index (χ1v) is 8.82. The molecule has 0 aromatic carbocycles. The van der Waals surface area contributed by atoms with E-state index in [2.05, 4.69) is 9.97 Å². The Hall–Kier alpha value is -1.25. The summed E-state index contributed by atoms with van der Waals surface area (Å²) >= 11 is 0. The first-order valence-electron chi connectivity index (χ1n) is 7.27. The standard InChI is InChI=1S/C13H20N4O3S/c14-21(18,19)12-7-15-13(16-8-12)17-6-2-5-11(9-17)20-10-3-1-4-10/h7-8,10-11H,1-6,9H2,(H2,14,18,19). The minimum atomic E-state index is -3.74.